The summed E-state index contributed by atoms with van der Waals surface area (Å²) in [6, 6.07) is 4.90. The predicted molar refractivity (Wildman–Crippen MR) is 85.4 cm³/mol. The Labute approximate surface area is 135 Å². The van der Waals surface area contributed by atoms with Gasteiger partial charge in [-0.25, -0.2) is 13.1 Å². The van der Waals surface area contributed by atoms with Gasteiger partial charge in [0.1, 0.15) is 0 Å². The number of nitrogens with one attached hydrogen (secondary N) is 2. The molecular weight excluding hydrogens is 343 g/mol. The summed E-state index contributed by atoms with van der Waals surface area (Å²) in [4.78, 5) is 0. The minimum atomic E-state index is -3.34. The minimum Gasteiger partial charge on any atom is -0.317 e. The van der Waals surface area contributed by atoms with Crippen molar-refractivity contribution in [1.82, 2.24) is 10.0 Å². The molecule has 2 rings (SSSR count). The van der Waals surface area contributed by atoms with Crippen molar-refractivity contribution >= 4 is 45.6 Å². The lowest BCUT2D eigenvalue weighted by Crippen LogP contribution is -2.43. The topological polar surface area (TPSA) is 58.2 Å². The molecule has 1 aliphatic rings. The lowest BCUT2D eigenvalue weighted by atomic mass is 10.1. The molecule has 1 heterocycles. The number of piperidine rings is 1. The Morgan fingerprint density at radius 1 is 1.20 bits per heavy atom. The van der Waals surface area contributed by atoms with Crippen molar-refractivity contribution in [2.75, 3.05) is 13.1 Å². The molecule has 0 unspecified atom stereocenters. The van der Waals surface area contributed by atoms with Gasteiger partial charge in [-0.2, -0.15) is 0 Å². The smallest absolute Gasteiger partial charge is 0.216 e. The minimum absolute atomic E-state index is 0. The highest BCUT2D eigenvalue weighted by Crippen LogP contribution is 2.23. The molecule has 8 heteroatoms. The second kappa shape index (κ2) is 7.82. The van der Waals surface area contributed by atoms with Gasteiger partial charge in [-0.15, -0.1) is 12.4 Å². The van der Waals surface area contributed by atoms with E-state index in [1.807, 2.05) is 0 Å². The van der Waals surface area contributed by atoms with E-state index >= 15 is 0 Å². The summed E-state index contributed by atoms with van der Waals surface area (Å²) in [5.41, 5.74) is 0.635. The van der Waals surface area contributed by atoms with Gasteiger partial charge in [0.15, 0.2) is 0 Å². The van der Waals surface area contributed by atoms with Gasteiger partial charge >= 0.3 is 0 Å². The zero-order chi connectivity index (χ0) is 13.9. The highest BCUT2D eigenvalue weighted by atomic mass is 35.5. The summed E-state index contributed by atoms with van der Waals surface area (Å²) in [6.07, 6.45) is 1.64. The summed E-state index contributed by atoms with van der Waals surface area (Å²) < 4.78 is 26.8. The van der Waals surface area contributed by atoms with Crippen molar-refractivity contribution in [3.05, 3.63) is 33.8 Å². The SMILES string of the molecule is Cl.O=S(=O)(Cc1ccc(Cl)c(Cl)c1)NC1CCNCC1. The van der Waals surface area contributed by atoms with Crippen molar-refractivity contribution in [3.8, 4) is 0 Å². The van der Waals surface area contributed by atoms with Gasteiger partial charge in [-0.1, -0.05) is 29.3 Å². The lowest BCUT2D eigenvalue weighted by Gasteiger charge is -2.23. The maximum atomic E-state index is 12.1. The first-order chi connectivity index (χ1) is 8.96. The van der Waals surface area contributed by atoms with Gasteiger partial charge in [0.05, 0.1) is 15.8 Å². The van der Waals surface area contributed by atoms with Crippen molar-refractivity contribution in [3.63, 3.8) is 0 Å². The maximum Gasteiger partial charge on any atom is 0.216 e. The largest absolute Gasteiger partial charge is 0.317 e. The van der Waals surface area contributed by atoms with Gasteiger partial charge in [0, 0.05) is 6.04 Å². The molecule has 1 aromatic carbocycles. The van der Waals surface area contributed by atoms with Crippen LogP contribution in [0.1, 0.15) is 18.4 Å². The third-order valence-electron chi connectivity index (χ3n) is 3.03. The summed E-state index contributed by atoms with van der Waals surface area (Å²) in [5.74, 6) is -0.0756. The van der Waals surface area contributed by atoms with Crippen LogP contribution in [0.3, 0.4) is 0 Å². The third-order valence-corrected chi connectivity index (χ3v) is 5.17. The van der Waals surface area contributed by atoms with Crippen LogP contribution in [0.2, 0.25) is 10.0 Å². The normalized spacial score (nSPS) is 16.7. The van der Waals surface area contributed by atoms with E-state index in [1.54, 1.807) is 18.2 Å². The van der Waals surface area contributed by atoms with Gasteiger partial charge in [0.2, 0.25) is 10.0 Å². The molecule has 0 aromatic heterocycles. The van der Waals surface area contributed by atoms with Crippen molar-refractivity contribution in [2.24, 2.45) is 0 Å². The molecule has 4 nitrogen and oxygen atoms in total. The van der Waals surface area contributed by atoms with Crippen LogP contribution in [0, 0.1) is 0 Å². The average Bonchev–Trinajstić information content (AvgIpc) is 2.34. The lowest BCUT2D eigenvalue weighted by molar-refractivity contribution is 0.427. The van der Waals surface area contributed by atoms with E-state index in [0.717, 1.165) is 25.9 Å². The zero-order valence-electron chi connectivity index (χ0n) is 10.7. The van der Waals surface area contributed by atoms with E-state index < -0.39 is 10.0 Å². The molecule has 114 valence electrons. The van der Waals surface area contributed by atoms with Crippen LogP contribution >= 0.6 is 35.6 Å². The van der Waals surface area contributed by atoms with Crippen LogP contribution in [0.15, 0.2) is 18.2 Å². The Morgan fingerprint density at radius 3 is 2.45 bits per heavy atom. The molecular formula is C12H17Cl3N2O2S. The fourth-order valence-corrected chi connectivity index (χ4v) is 3.85. The maximum absolute atomic E-state index is 12.1. The van der Waals surface area contributed by atoms with E-state index in [1.165, 1.54) is 0 Å². The number of halogens is 3. The molecule has 0 amide bonds. The molecule has 2 N–H and O–H groups in total. The molecule has 0 aliphatic carbocycles. The Kier molecular flexibility index (Phi) is 7.04. The highest BCUT2D eigenvalue weighted by molar-refractivity contribution is 7.88. The second-order valence-electron chi connectivity index (χ2n) is 4.65. The fraction of sp³-hybridized carbons (Fsp3) is 0.500. The molecule has 0 bridgehead atoms. The second-order valence-corrected chi connectivity index (χ2v) is 7.22. The molecule has 0 atom stereocenters. The van der Waals surface area contributed by atoms with Gasteiger partial charge in [0.25, 0.3) is 0 Å². The van der Waals surface area contributed by atoms with Gasteiger partial charge in [-0.3, -0.25) is 0 Å². The number of hydrogen-bond acceptors (Lipinski definition) is 3. The van der Waals surface area contributed by atoms with Crippen molar-refractivity contribution in [2.45, 2.75) is 24.6 Å². The van der Waals surface area contributed by atoms with Crippen LogP contribution in [-0.2, 0) is 15.8 Å². The number of rotatable bonds is 4. The van der Waals surface area contributed by atoms with Crippen LogP contribution in [0.4, 0.5) is 0 Å². The molecule has 1 aliphatic heterocycles. The van der Waals surface area contributed by atoms with E-state index in [2.05, 4.69) is 10.0 Å². The van der Waals surface area contributed by atoms with E-state index in [-0.39, 0.29) is 24.2 Å². The molecule has 0 saturated carbocycles. The fourth-order valence-electron chi connectivity index (χ4n) is 2.08. The van der Waals surface area contributed by atoms with E-state index in [4.69, 9.17) is 23.2 Å². The Bertz CT molecular complexity index is 546. The zero-order valence-corrected chi connectivity index (χ0v) is 13.9. The summed E-state index contributed by atoms with van der Waals surface area (Å²) in [6.45, 7) is 1.69. The molecule has 20 heavy (non-hydrogen) atoms. The van der Waals surface area contributed by atoms with E-state index in [9.17, 15) is 8.42 Å². The molecule has 0 spiro atoms. The van der Waals surface area contributed by atoms with E-state index in [0.29, 0.717) is 15.6 Å². The molecule has 1 saturated heterocycles. The van der Waals surface area contributed by atoms with Gasteiger partial charge < -0.3 is 5.32 Å². The average molecular weight is 360 g/mol. The van der Waals surface area contributed by atoms with Crippen LogP contribution in [-0.4, -0.2) is 27.5 Å². The quantitative estimate of drug-likeness (QED) is 0.869. The van der Waals surface area contributed by atoms with Crippen LogP contribution in [0.5, 0.6) is 0 Å². The molecule has 1 aromatic rings. The first kappa shape index (κ1) is 18.0. The van der Waals surface area contributed by atoms with Crippen molar-refractivity contribution in [1.29, 1.82) is 0 Å². The Balaban J connectivity index is 0.00000200. The monoisotopic (exact) mass is 358 g/mol. The predicted octanol–water partition coefficient (Wildman–Crippen LogP) is 2.59. The van der Waals surface area contributed by atoms with Gasteiger partial charge in [-0.05, 0) is 43.6 Å². The summed E-state index contributed by atoms with van der Waals surface area (Å²) in [5, 5.41) is 3.99. The third kappa shape index (κ3) is 5.39. The standard InChI is InChI=1S/C12H16Cl2N2O2S.ClH/c13-11-2-1-9(7-12(11)14)8-19(17,18)16-10-3-5-15-6-4-10;/h1-2,7,10,15-16H,3-6,8H2;1H. The van der Waals surface area contributed by atoms with Crippen LogP contribution in [0.25, 0.3) is 0 Å². The number of sulfonamides is 1. The van der Waals surface area contributed by atoms with Crippen molar-refractivity contribution < 1.29 is 8.42 Å². The summed E-state index contributed by atoms with van der Waals surface area (Å²) >= 11 is 11.7. The highest BCUT2D eigenvalue weighted by Gasteiger charge is 2.20. The first-order valence-corrected chi connectivity index (χ1v) is 8.52. The number of hydrogen-bond donors (Lipinski definition) is 2. The van der Waals surface area contributed by atoms with Crippen LogP contribution < -0.4 is 10.0 Å². The first-order valence-electron chi connectivity index (χ1n) is 6.11. The summed E-state index contributed by atoms with van der Waals surface area (Å²) in [7, 11) is -3.34. The Hall–Kier alpha value is -0.0400. The number of benzene rings is 1. The Morgan fingerprint density at radius 2 is 1.85 bits per heavy atom. The molecule has 0 radical (unpaired) electrons. The molecule has 1 fully saturated rings.